The molecule has 0 saturated carbocycles. The summed E-state index contributed by atoms with van der Waals surface area (Å²) in [5.74, 6) is -0.473. The standard InChI is InChI=1S/C15H23N5O5SSi/c1-15(2,3)27(4,5)24-7-9-11(21)20-12(25-14(22)23)10(26-13(9)20)6-19-8-16-17-18-19/h8-9,13H,6-7H2,1-5H3,(H,22,23)/t9-,13+/m0/s1. The number of fused-ring (bicyclic) bond motifs is 1. The predicted octanol–water partition coefficient (Wildman–Crippen LogP) is 2.09. The fourth-order valence-electron chi connectivity index (χ4n) is 2.57. The van der Waals surface area contributed by atoms with Gasteiger partial charge in [-0.1, -0.05) is 32.5 Å². The van der Waals surface area contributed by atoms with Gasteiger partial charge in [-0.05, 0) is 28.6 Å². The average molecular weight is 414 g/mol. The molecule has 1 fully saturated rings. The van der Waals surface area contributed by atoms with Crippen molar-refractivity contribution in [3.05, 3.63) is 17.1 Å². The Balaban J connectivity index is 1.72. The molecule has 27 heavy (non-hydrogen) atoms. The molecule has 1 aromatic rings. The van der Waals surface area contributed by atoms with Crippen molar-refractivity contribution < 1.29 is 23.9 Å². The molecule has 3 rings (SSSR count). The predicted molar refractivity (Wildman–Crippen MR) is 98.8 cm³/mol. The van der Waals surface area contributed by atoms with Crippen molar-refractivity contribution in [2.45, 2.75) is 50.8 Å². The number of rotatable bonds is 6. The van der Waals surface area contributed by atoms with E-state index in [2.05, 4.69) is 49.4 Å². The molecule has 1 amide bonds. The van der Waals surface area contributed by atoms with Gasteiger partial charge in [0, 0.05) is 6.61 Å². The van der Waals surface area contributed by atoms with Crippen LogP contribution in [0.15, 0.2) is 17.1 Å². The molecule has 148 valence electrons. The lowest BCUT2D eigenvalue weighted by Crippen LogP contribution is -2.59. The van der Waals surface area contributed by atoms with Crippen LogP contribution < -0.4 is 0 Å². The molecule has 10 nitrogen and oxygen atoms in total. The van der Waals surface area contributed by atoms with Crippen molar-refractivity contribution in [2.75, 3.05) is 6.61 Å². The fourth-order valence-corrected chi connectivity index (χ4v) is 5.00. The van der Waals surface area contributed by atoms with Gasteiger partial charge in [-0.25, -0.2) is 9.48 Å². The number of β-lactam (4-membered cyclic amide) rings is 1. The van der Waals surface area contributed by atoms with Gasteiger partial charge in [0.05, 0.1) is 17.4 Å². The monoisotopic (exact) mass is 413 g/mol. The number of ether oxygens (including phenoxy) is 1. The Bertz CT molecular complexity index is 776. The van der Waals surface area contributed by atoms with Gasteiger partial charge in [-0.2, -0.15) is 0 Å². The van der Waals surface area contributed by atoms with Crippen LogP contribution in [-0.4, -0.2) is 62.6 Å². The number of carbonyl (C=O) groups is 2. The number of hydrogen-bond acceptors (Lipinski definition) is 8. The minimum atomic E-state index is -1.99. The zero-order chi connectivity index (χ0) is 20.0. The molecule has 2 aliphatic heterocycles. The highest BCUT2D eigenvalue weighted by Crippen LogP contribution is 2.50. The Hall–Kier alpha value is -1.92. The number of thioether (sulfide) groups is 1. The molecule has 1 N–H and O–H groups in total. The largest absolute Gasteiger partial charge is 0.512 e. The van der Waals surface area contributed by atoms with E-state index in [1.807, 2.05) is 0 Å². The topological polar surface area (TPSA) is 120 Å². The Labute approximate surface area is 162 Å². The summed E-state index contributed by atoms with van der Waals surface area (Å²) in [6, 6.07) is 0. The van der Waals surface area contributed by atoms with Crippen LogP contribution in [0.2, 0.25) is 18.1 Å². The maximum Gasteiger partial charge on any atom is 0.512 e. The number of carboxylic acid groups (broad SMARTS) is 1. The molecule has 0 aliphatic carbocycles. The van der Waals surface area contributed by atoms with Crippen LogP contribution in [0.1, 0.15) is 20.8 Å². The lowest BCUT2D eigenvalue weighted by Gasteiger charge is -2.44. The van der Waals surface area contributed by atoms with Crippen LogP contribution in [-0.2, 0) is 20.5 Å². The fraction of sp³-hybridized carbons (Fsp3) is 0.667. The summed E-state index contributed by atoms with van der Waals surface area (Å²) in [6.07, 6.45) is -0.0456. The van der Waals surface area contributed by atoms with Crippen molar-refractivity contribution in [2.24, 2.45) is 5.92 Å². The lowest BCUT2D eigenvalue weighted by atomic mass is 10.00. The zero-order valence-corrected chi connectivity index (χ0v) is 17.7. The van der Waals surface area contributed by atoms with E-state index < -0.39 is 14.5 Å². The quantitative estimate of drug-likeness (QED) is 0.424. The minimum absolute atomic E-state index is 0.0431. The van der Waals surface area contributed by atoms with Crippen molar-refractivity contribution in [1.29, 1.82) is 0 Å². The van der Waals surface area contributed by atoms with Crippen molar-refractivity contribution in [1.82, 2.24) is 25.1 Å². The summed E-state index contributed by atoms with van der Waals surface area (Å²) in [5, 5.41) is 19.7. The summed E-state index contributed by atoms with van der Waals surface area (Å²) in [4.78, 5) is 25.7. The van der Waals surface area contributed by atoms with E-state index in [0.717, 1.165) is 0 Å². The molecule has 0 bridgehead atoms. The van der Waals surface area contributed by atoms with Gasteiger partial charge in [-0.15, -0.1) is 5.10 Å². The number of hydrogen-bond donors (Lipinski definition) is 1. The molecular weight excluding hydrogens is 390 g/mol. The molecule has 1 saturated heterocycles. The van der Waals surface area contributed by atoms with Crippen molar-refractivity contribution in [3.8, 4) is 0 Å². The van der Waals surface area contributed by atoms with Crippen molar-refractivity contribution >= 4 is 32.1 Å². The number of carbonyl (C=O) groups excluding carboxylic acids is 1. The second-order valence-electron chi connectivity index (χ2n) is 8.00. The van der Waals surface area contributed by atoms with E-state index in [9.17, 15) is 9.59 Å². The van der Waals surface area contributed by atoms with E-state index in [4.69, 9.17) is 14.3 Å². The maximum absolute atomic E-state index is 12.6. The number of allylic oxidation sites excluding steroid dienone is 1. The molecule has 2 atom stereocenters. The third kappa shape index (κ3) is 3.73. The first-order chi connectivity index (χ1) is 12.5. The van der Waals surface area contributed by atoms with Gasteiger partial charge < -0.3 is 14.3 Å². The highest BCUT2D eigenvalue weighted by atomic mass is 32.2. The van der Waals surface area contributed by atoms with Crippen LogP contribution in [0, 0.1) is 5.92 Å². The Morgan fingerprint density at radius 1 is 1.41 bits per heavy atom. The number of nitrogens with zero attached hydrogens (tertiary/aromatic N) is 5. The lowest BCUT2D eigenvalue weighted by molar-refractivity contribution is -0.151. The van der Waals surface area contributed by atoms with Gasteiger partial charge in [0.25, 0.3) is 0 Å². The van der Waals surface area contributed by atoms with Gasteiger partial charge in [0.15, 0.2) is 8.32 Å². The van der Waals surface area contributed by atoms with E-state index >= 15 is 0 Å². The summed E-state index contributed by atoms with van der Waals surface area (Å²) in [7, 11) is -1.99. The van der Waals surface area contributed by atoms with Crippen LogP contribution in [0.25, 0.3) is 0 Å². The van der Waals surface area contributed by atoms with E-state index in [1.54, 1.807) is 0 Å². The summed E-state index contributed by atoms with van der Waals surface area (Å²) in [6.45, 7) is 11.2. The zero-order valence-electron chi connectivity index (χ0n) is 15.9. The molecule has 2 aliphatic rings. The second kappa shape index (κ2) is 6.91. The summed E-state index contributed by atoms with van der Waals surface area (Å²) >= 11 is 1.39. The molecule has 0 spiro atoms. The highest BCUT2D eigenvalue weighted by Gasteiger charge is 2.56. The Kier molecular flexibility index (Phi) is 5.07. The first-order valence-electron chi connectivity index (χ1n) is 8.49. The molecule has 0 aromatic carbocycles. The molecule has 1 aromatic heterocycles. The third-order valence-electron chi connectivity index (χ3n) is 5.18. The van der Waals surface area contributed by atoms with E-state index in [-0.39, 0.29) is 34.7 Å². The van der Waals surface area contributed by atoms with E-state index in [1.165, 1.54) is 27.7 Å². The van der Waals surface area contributed by atoms with Crippen LogP contribution in [0.4, 0.5) is 4.79 Å². The van der Waals surface area contributed by atoms with Crippen LogP contribution in [0.5, 0.6) is 0 Å². The molecule has 3 heterocycles. The smallest absolute Gasteiger partial charge is 0.449 e. The first-order valence-corrected chi connectivity index (χ1v) is 12.3. The molecule has 0 radical (unpaired) electrons. The number of aromatic nitrogens is 4. The average Bonchev–Trinajstić information content (AvgIpc) is 3.13. The van der Waals surface area contributed by atoms with Gasteiger partial charge in [-0.3, -0.25) is 9.69 Å². The van der Waals surface area contributed by atoms with Crippen molar-refractivity contribution in [3.63, 3.8) is 0 Å². The first kappa shape index (κ1) is 19.8. The second-order valence-corrected chi connectivity index (χ2v) is 14.0. The summed E-state index contributed by atoms with van der Waals surface area (Å²) < 4.78 is 12.5. The number of amides is 1. The molecule has 0 unspecified atom stereocenters. The maximum atomic E-state index is 12.6. The normalized spacial score (nSPS) is 22.7. The molecular formula is C15H23N5O5SSi. The molecule has 12 heteroatoms. The van der Waals surface area contributed by atoms with Gasteiger partial charge in [0.2, 0.25) is 11.8 Å². The summed E-state index contributed by atoms with van der Waals surface area (Å²) in [5.41, 5.74) is 0. The van der Waals surface area contributed by atoms with Gasteiger partial charge in [0.1, 0.15) is 11.7 Å². The minimum Gasteiger partial charge on any atom is -0.449 e. The Morgan fingerprint density at radius 2 is 2.11 bits per heavy atom. The highest BCUT2D eigenvalue weighted by molar-refractivity contribution is 8.04. The van der Waals surface area contributed by atoms with E-state index in [0.29, 0.717) is 11.5 Å². The third-order valence-corrected chi connectivity index (χ3v) is 11.1. The van der Waals surface area contributed by atoms with Gasteiger partial charge >= 0.3 is 6.16 Å². The number of tetrazole rings is 1. The van der Waals surface area contributed by atoms with Crippen LogP contribution >= 0.6 is 11.8 Å². The van der Waals surface area contributed by atoms with Crippen LogP contribution in [0.3, 0.4) is 0 Å². The SMILES string of the molecule is CC(C)(C)[Si](C)(C)OC[C@H]1C(=O)N2C(OC(=O)O)=C(Cn3cnnn3)S[C@H]12. The Morgan fingerprint density at radius 3 is 2.67 bits per heavy atom.